The Hall–Kier alpha value is -4.18. The molecule has 1 fully saturated rings. The van der Waals surface area contributed by atoms with E-state index in [1.54, 1.807) is 55.5 Å². The van der Waals surface area contributed by atoms with Gasteiger partial charge in [0.2, 0.25) is 5.13 Å². The molecule has 0 saturated carbocycles. The summed E-state index contributed by atoms with van der Waals surface area (Å²) in [6.07, 6.45) is 1.63. The van der Waals surface area contributed by atoms with Crippen LogP contribution >= 0.6 is 11.3 Å². The topological polar surface area (TPSA) is 111 Å². The van der Waals surface area contributed by atoms with Gasteiger partial charge in [0.25, 0.3) is 5.78 Å². The van der Waals surface area contributed by atoms with E-state index < -0.39 is 17.7 Å². The van der Waals surface area contributed by atoms with Crippen molar-refractivity contribution in [3.8, 4) is 17.2 Å². The molecule has 0 bridgehead atoms. The molecule has 3 aromatic rings. The number of fused-ring (bicyclic) bond motifs is 1. The fraction of sp³-hybridized carbons (Fsp3) is 0.200. The standard InChI is InChI=1S/C25H21N3O6S/c1-3-10-32-17-7-4-15(5-8-17)21-20(23(30)24(31)28(21)25-27-26-14(2)35-25)22(29)16-6-9-18-19(13-16)34-12-11-33-18/h3-9,13,21,29H,1,10-12H2,2H3. The molecule has 1 saturated heterocycles. The van der Waals surface area contributed by atoms with E-state index >= 15 is 0 Å². The summed E-state index contributed by atoms with van der Waals surface area (Å²) in [4.78, 5) is 27.7. The van der Waals surface area contributed by atoms with Crippen molar-refractivity contribution in [2.45, 2.75) is 13.0 Å². The van der Waals surface area contributed by atoms with Crippen molar-refractivity contribution in [3.63, 3.8) is 0 Å². The van der Waals surface area contributed by atoms with E-state index in [-0.39, 0.29) is 16.5 Å². The molecular weight excluding hydrogens is 470 g/mol. The Morgan fingerprint density at radius 1 is 1.17 bits per heavy atom. The molecule has 3 heterocycles. The average molecular weight is 492 g/mol. The lowest BCUT2D eigenvalue weighted by molar-refractivity contribution is -0.132. The third-order valence-electron chi connectivity index (χ3n) is 5.55. The minimum atomic E-state index is -0.913. The van der Waals surface area contributed by atoms with Crippen LogP contribution in [0, 0.1) is 6.92 Å². The lowest BCUT2D eigenvalue weighted by Crippen LogP contribution is -2.29. The molecule has 2 aliphatic rings. The van der Waals surface area contributed by atoms with Crippen LogP contribution in [-0.4, -0.2) is 46.8 Å². The molecule has 9 nitrogen and oxygen atoms in total. The van der Waals surface area contributed by atoms with Crippen LogP contribution < -0.4 is 19.1 Å². The molecule has 1 atom stereocenters. The van der Waals surface area contributed by atoms with Crippen LogP contribution in [-0.2, 0) is 9.59 Å². The van der Waals surface area contributed by atoms with E-state index in [1.807, 2.05) is 0 Å². The van der Waals surface area contributed by atoms with Crippen molar-refractivity contribution in [3.05, 3.63) is 76.8 Å². The zero-order valence-corrected chi connectivity index (χ0v) is 19.6. The molecule has 2 aliphatic heterocycles. The molecule has 5 rings (SSSR count). The summed E-state index contributed by atoms with van der Waals surface area (Å²) < 4.78 is 16.7. The first-order valence-electron chi connectivity index (χ1n) is 10.8. The van der Waals surface area contributed by atoms with Crippen molar-refractivity contribution in [1.29, 1.82) is 0 Å². The van der Waals surface area contributed by atoms with Crippen LogP contribution in [0.15, 0.2) is 60.7 Å². The van der Waals surface area contributed by atoms with Crippen LogP contribution in [0.3, 0.4) is 0 Å². The molecule has 0 radical (unpaired) electrons. The van der Waals surface area contributed by atoms with Crippen LogP contribution in [0.25, 0.3) is 5.76 Å². The maximum Gasteiger partial charge on any atom is 0.301 e. The Bertz CT molecular complexity index is 1350. The number of carbonyl (C=O) groups is 2. The van der Waals surface area contributed by atoms with Crippen molar-refractivity contribution >= 4 is 33.9 Å². The summed E-state index contributed by atoms with van der Waals surface area (Å²) in [5.74, 6) is -0.330. The van der Waals surface area contributed by atoms with Crippen LogP contribution in [0.4, 0.5) is 5.13 Å². The highest BCUT2D eigenvalue weighted by atomic mass is 32.1. The van der Waals surface area contributed by atoms with Gasteiger partial charge < -0.3 is 19.3 Å². The van der Waals surface area contributed by atoms with Gasteiger partial charge in [-0.3, -0.25) is 14.5 Å². The first-order valence-corrected chi connectivity index (χ1v) is 11.6. The van der Waals surface area contributed by atoms with E-state index in [0.717, 1.165) is 0 Å². The number of aryl methyl sites for hydroxylation is 1. The van der Waals surface area contributed by atoms with Crippen molar-refractivity contribution in [1.82, 2.24) is 10.2 Å². The van der Waals surface area contributed by atoms with E-state index in [4.69, 9.17) is 14.2 Å². The quantitative estimate of drug-likeness (QED) is 0.240. The number of amides is 1. The second-order valence-corrected chi connectivity index (χ2v) is 8.96. The number of aliphatic hydroxyl groups excluding tert-OH is 1. The summed E-state index contributed by atoms with van der Waals surface area (Å²) in [6, 6.07) is 10.9. The molecule has 2 aromatic carbocycles. The largest absolute Gasteiger partial charge is 0.507 e. The fourth-order valence-electron chi connectivity index (χ4n) is 3.98. The zero-order chi connectivity index (χ0) is 24.5. The van der Waals surface area contributed by atoms with Gasteiger partial charge in [0, 0.05) is 5.56 Å². The van der Waals surface area contributed by atoms with E-state index in [9.17, 15) is 14.7 Å². The normalized spacial score (nSPS) is 18.5. The molecule has 1 unspecified atom stereocenters. The average Bonchev–Trinajstić information content (AvgIpc) is 3.42. The first kappa shape index (κ1) is 22.6. The Kier molecular flexibility index (Phi) is 5.96. The number of hydrogen-bond donors (Lipinski definition) is 1. The second-order valence-electron chi connectivity index (χ2n) is 7.80. The first-order chi connectivity index (χ1) is 17.0. The monoisotopic (exact) mass is 491 g/mol. The third-order valence-corrected chi connectivity index (χ3v) is 6.38. The minimum absolute atomic E-state index is 0.0562. The highest BCUT2D eigenvalue weighted by Crippen LogP contribution is 2.44. The number of ether oxygens (including phenoxy) is 3. The molecule has 1 aromatic heterocycles. The second kappa shape index (κ2) is 9.22. The molecule has 1 N–H and O–H groups in total. The molecule has 0 spiro atoms. The number of ketones is 1. The number of benzene rings is 2. The van der Waals surface area contributed by atoms with Gasteiger partial charge in [0.15, 0.2) is 11.5 Å². The molecule has 10 heteroatoms. The maximum atomic E-state index is 13.2. The van der Waals surface area contributed by atoms with E-state index in [2.05, 4.69) is 16.8 Å². The smallest absolute Gasteiger partial charge is 0.301 e. The maximum absolute atomic E-state index is 13.2. The van der Waals surface area contributed by atoms with Gasteiger partial charge in [0.05, 0.1) is 11.6 Å². The summed E-state index contributed by atoms with van der Waals surface area (Å²) in [5.41, 5.74) is 0.873. The Morgan fingerprint density at radius 3 is 2.60 bits per heavy atom. The van der Waals surface area contributed by atoms with Gasteiger partial charge in [-0.15, -0.1) is 10.2 Å². The van der Waals surface area contributed by atoms with E-state index in [0.29, 0.717) is 53.2 Å². The molecule has 178 valence electrons. The van der Waals surface area contributed by atoms with Gasteiger partial charge >= 0.3 is 5.91 Å². The number of rotatable bonds is 6. The summed E-state index contributed by atoms with van der Waals surface area (Å²) in [5, 5.41) is 20.3. The molecular formula is C25H21N3O6S. The fourth-order valence-corrected chi connectivity index (χ4v) is 4.69. The number of Topliss-reactive ketones (excluding diaryl/α,β-unsaturated/α-hetero) is 1. The summed E-state index contributed by atoms with van der Waals surface area (Å²) in [7, 11) is 0. The molecule has 1 amide bonds. The predicted molar refractivity (Wildman–Crippen MR) is 129 cm³/mol. The Balaban J connectivity index is 1.63. The van der Waals surface area contributed by atoms with Crippen LogP contribution in [0.5, 0.6) is 17.2 Å². The van der Waals surface area contributed by atoms with Gasteiger partial charge in [-0.2, -0.15) is 0 Å². The number of nitrogens with zero attached hydrogens (tertiary/aromatic N) is 3. The number of carbonyl (C=O) groups excluding carboxylic acids is 2. The van der Waals surface area contributed by atoms with Crippen molar-refractivity contribution < 1.29 is 28.9 Å². The van der Waals surface area contributed by atoms with Crippen LogP contribution in [0.2, 0.25) is 0 Å². The molecule has 35 heavy (non-hydrogen) atoms. The lowest BCUT2D eigenvalue weighted by Gasteiger charge is -2.23. The highest BCUT2D eigenvalue weighted by Gasteiger charge is 2.48. The zero-order valence-electron chi connectivity index (χ0n) is 18.8. The summed E-state index contributed by atoms with van der Waals surface area (Å²) in [6.45, 7) is 6.53. The summed E-state index contributed by atoms with van der Waals surface area (Å²) >= 11 is 1.19. The number of anilines is 1. The van der Waals surface area contributed by atoms with Crippen LogP contribution in [0.1, 0.15) is 22.2 Å². The Labute approximate surface area is 204 Å². The van der Waals surface area contributed by atoms with Crippen molar-refractivity contribution in [2.24, 2.45) is 0 Å². The number of hydrogen-bond acceptors (Lipinski definition) is 9. The van der Waals surface area contributed by atoms with Gasteiger partial charge in [-0.25, -0.2) is 0 Å². The van der Waals surface area contributed by atoms with Gasteiger partial charge in [-0.05, 0) is 42.8 Å². The Morgan fingerprint density at radius 2 is 1.91 bits per heavy atom. The third kappa shape index (κ3) is 4.12. The molecule has 0 aliphatic carbocycles. The highest BCUT2D eigenvalue weighted by molar-refractivity contribution is 7.15. The van der Waals surface area contributed by atoms with E-state index in [1.165, 1.54) is 16.2 Å². The van der Waals surface area contributed by atoms with Crippen molar-refractivity contribution in [2.75, 3.05) is 24.7 Å². The SMILES string of the molecule is C=CCOc1ccc(C2C(=C(O)c3ccc4c(c3)OCCO4)C(=O)C(=O)N2c2nnc(C)s2)cc1. The van der Waals surface area contributed by atoms with Gasteiger partial charge in [-0.1, -0.05) is 36.1 Å². The number of aliphatic hydroxyl groups is 1. The number of aromatic nitrogens is 2. The van der Waals surface area contributed by atoms with Gasteiger partial charge in [0.1, 0.15) is 36.3 Å². The predicted octanol–water partition coefficient (Wildman–Crippen LogP) is 3.81. The minimum Gasteiger partial charge on any atom is -0.507 e. The lowest BCUT2D eigenvalue weighted by atomic mass is 9.95.